The number of piperazine rings is 1. The number of rotatable bonds is 3. The summed E-state index contributed by atoms with van der Waals surface area (Å²) >= 11 is 3.33. The van der Waals surface area contributed by atoms with E-state index in [2.05, 4.69) is 9.88 Å². The Labute approximate surface area is 172 Å². The SMILES string of the molecule is O=C(c1ccc(I)c(F)c1)N1CCN(Cc2cc(=O)n3ccsc3n2)CC1. The molecule has 0 N–H and O–H groups in total. The molecule has 3 heterocycles. The first kappa shape index (κ1) is 18.5. The van der Waals surface area contributed by atoms with Crippen LogP contribution in [0.5, 0.6) is 0 Å². The molecule has 0 saturated carbocycles. The molecule has 1 aliphatic rings. The van der Waals surface area contributed by atoms with Gasteiger partial charge in [-0.3, -0.25) is 18.9 Å². The highest BCUT2D eigenvalue weighted by molar-refractivity contribution is 14.1. The van der Waals surface area contributed by atoms with Crippen molar-refractivity contribution < 1.29 is 9.18 Å². The average molecular weight is 498 g/mol. The number of aromatic nitrogens is 2. The van der Waals surface area contributed by atoms with Crippen molar-refractivity contribution in [2.45, 2.75) is 6.54 Å². The van der Waals surface area contributed by atoms with Gasteiger partial charge in [-0.15, -0.1) is 11.3 Å². The molecule has 3 aromatic rings. The van der Waals surface area contributed by atoms with Gasteiger partial charge in [0.05, 0.1) is 5.69 Å². The van der Waals surface area contributed by atoms with E-state index in [1.54, 1.807) is 29.3 Å². The van der Waals surface area contributed by atoms with E-state index < -0.39 is 0 Å². The third-order valence-electron chi connectivity index (χ3n) is 4.57. The highest BCUT2D eigenvalue weighted by atomic mass is 127. The second kappa shape index (κ2) is 7.64. The van der Waals surface area contributed by atoms with Gasteiger partial charge in [0, 0.05) is 59.5 Å². The van der Waals surface area contributed by atoms with Gasteiger partial charge in [0.15, 0.2) is 4.96 Å². The number of carbonyl (C=O) groups excluding carboxylic acids is 1. The van der Waals surface area contributed by atoms with E-state index in [-0.39, 0.29) is 17.3 Å². The fraction of sp³-hybridized carbons (Fsp3) is 0.278. The van der Waals surface area contributed by atoms with Gasteiger partial charge in [0.1, 0.15) is 5.82 Å². The number of fused-ring (bicyclic) bond motifs is 1. The quantitative estimate of drug-likeness (QED) is 0.521. The molecule has 0 bridgehead atoms. The summed E-state index contributed by atoms with van der Waals surface area (Å²) in [6.07, 6.45) is 1.72. The summed E-state index contributed by atoms with van der Waals surface area (Å²) in [5.74, 6) is -0.525. The molecule has 0 radical (unpaired) electrons. The van der Waals surface area contributed by atoms with E-state index in [4.69, 9.17) is 0 Å². The van der Waals surface area contributed by atoms with E-state index >= 15 is 0 Å². The summed E-state index contributed by atoms with van der Waals surface area (Å²) in [5, 5.41) is 1.84. The van der Waals surface area contributed by atoms with E-state index in [1.165, 1.54) is 21.8 Å². The lowest BCUT2D eigenvalue weighted by molar-refractivity contribution is 0.0626. The monoisotopic (exact) mass is 498 g/mol. The standard InChI is InChI=1S/C18H16FIN4O2S/c19-14-9-12(1-2-15(14)20)17(26)23-5-3-22(4-6-23)11-13-10-16(25)24-7-8-27-18(24)21-13/h1-2,7-10H,3-6,11H2. The van der Waals surface area contributed by atoms with Crippen LogP contribution in [-0.4, -0.2) is 51.3 Å². The molecule has 1 fully saturated rings. The third-order valence-corrected chi connectivity index (χ3v) is 6.20. The molecular weight excluding hydrogens is 482 g/mol. The smallest absolute Gasteiger partial charge is 0.258 e. The number of hydrogen-bond acceptors (Lipinski definition) is 5. The van der Waals surface area contributed by atoms with Crippen LogP contribution in [0.3, 0.4) is 0 Å². The highest BCUT2D eigenvalue weighted by Gasteiger charge is 2.23. The minimum absolute atomic E-state index is 0.0780. The van der Waals surface area contributed by atoms with E-state index in [0.717, 1.165) is 5.69 Å². The highest BCUT2D eigenvalue weighted by Crippen LogP contribution is 2.16. The van der Waals surface area contributed by atoms with Crippen molar-refractivity contribution in [1.82, 2.24) is 19.2 Å². The van der Waals surface area contributed by atoms with Gasteiger partial charge in [-0.25, -0.2) is 9.37 Å². The Bertz CT molecular complexity index is 1060. The lowest BCUT2D eigenvalue weighted by Crippen LogP contribution is -2.48. The van der Waals surface area contributed by atoms with Crippen LogP contribution < -0.4 is 5.56 Å². The molecule has 1 saturated heterocycles. The normalized spacial score (nSPS) is 15.4. The summed E-state index contributed by atoms with van der Waals surface area (Å²) < 4.78 is 15.7. The molecule has 140 valence electrons. The zero-order chi connectivity index (χ0) is 19.0. The average Bonchev–Trinajstić information content (AvgIpc) is 3.13. The maximum absolute atomic E-state index is 13.7. The zero-order valence-electron chi connectivity index (χ0n) is 14.3. The van der Waals surface area contributed by atoms with Crippen molar-refractivity contribution in [2.75, 3.05) is 26.2 Å². The van der Waals surface area contributed by atoms with Crippen LogP contribution in [0, 0.1) is 9.39 Å². The minimum atomic E-state index is -0.374. The molecule has 0 aliphatic carbocycles. The second-order valence-corrected chi connectivity index (χ2v) is 8.37. The van der Waals surface area contributed by atoms with Gasteiger partial charge in [-0.2, -0.15) is 0 Å². The van der Waals surface area contributed by atoms with E-state index in [1.807, 2.05) is 28.0 Å². The van der Waals surface area contributed by atoms with Crippen molar-refractivity contribution in [2.24, 2.45) is 0 Å². The molecule has 9 heteroatoms. The van der Waals surface area contributed by atoms with Crippen LogP contribution in [0.15, 0.2) is 40.6 Å². The Morgan fingerprint density at radius 1 is 1.22 bits per heavy atom. The maximum Gasteiger partial charge on any atom is 0.258 e. The summed E-state index contributed by atoms with van der Waals surface area (Å²) in [6.45, 7) is 3.07. The van der Waals surface area contributed by atoms with Gasteiger partial charge in [-0.05, 0) is 40.8 Å². The Morgan fingerprint density at radius 3 is 2.74 bits per heavy atom. The van der Waals surface area contributed by atoms with Crippen LogP contribution in [0.2, 0.25) is 0 Å². The number of amides is 1. The summed E-state index contributed by atoms with van der Waals surface area (Å²) in [6, 6.07) is 6.13. The summed E-state index contributed by atoms with van der Waals surface area (Å²) in [7, 11) is 0. The largest absolute Gasteiger partial charge is 0.336 e. The maximum atomic E-state index is 13.7. The molecule has 27 heavy (non-hydrogen) atoms. The van der Waals surface area contributed by atoms with E-state index in [9.17, 15) is 14.0 Å². The van der Waals surface area contributed by atoms with Gasteiger partial charge in [-0.1, -0.05) is 0 Å². The van der Waals surface area contributed by atoms with Crippen molar-refractivity contribution in [1.29, 1.82) is 0 Å². The molecule has 0 spiro atoms. The Hall–Kier alpha value is -1.85. The number of halogens is 2. The molecule has 1 aliphatic heterocycles. The second-order valence-electron chi connectivity index (χ2n) is 6.34. The van der Waals surface area contributed by atoms with Gasteiger partial charge in [0.25, 0.3) is 11.5 Å². The first-order valence-corrected chi connectivity index (χ1v) is 10.4. The van der Waals surface area contributed by atoms with Crippen molar-refractivity contribution in [3.63, 3.8) is 0 Å². The fourth-order valence-electron chi connectivity index (χ4n) is 3.12. The van der Waals surface area contributed by atoms with E-state index in [0.29, 0.717) is 46.8 Å². The molecule has 4 rings (SSSR count). The number of carbonyl (C=O) groups is 1. The van der Waals surface area contributed by atoms with Crippen molar-refractivity contribution in [3.05, 3.63) is 66.8 Å². The van der Waals surface area contributed by atoms with Gasteiger partial charge < -0.3 is 4.90 Å². The Morgan fingerprint density at radius 2 is 2.00 bits per heavy atom. The summed E-state index contributed by atoms with van der Waals surface area (Å²) in [5.41, 5.74) is 1.03. The predicted octanol–water partition coefficient (Wildman–Crippen LogP) is 2.46. The molecule has 2 aromatic heterocycles. The third kappa shape index (κ3) is 3.90. The number of hydrogen-bond donors (Lipinski definition) is 0. The first-order chi connectivity index (χ1) is 13.0. The lowest BCUT2D eigenvalue weighted by Gasteiger charge is -2.34. The lowest BCUT2D eigenvalue weighted by atomic mass is 10.1. The molecule has 0 unspecified atom stereocenters. The minimum Gasteiger partial charge on any atom is -0.336 e. The number of thiazole rings is 1. The van der Waals surface area contributed by atoms with Crippen molar-refractivity contribution in [3.8, 4) is 0 Å². The van der Waals surface area contributed by atoms with Crippen LogP contribution in [0.25, 0.3) is 4.96 Å². The summed E-state index contributed by atoms with van der Waals surface area (Å²) in [4.78, 5) is 33.8. The topological polar surface area (TPSA) is 57.9 Å². The van der Waals surface area contributed by atoms with Crippen LogP contribution >= 0.6 is 33.9 Å². The molecule has 0 atom stereocenters. The van der Waals surface area contributed by atoms with Crippen LogP contribution in [-0.2, 0) is 6.54 Å². The van der Waals surface area contributed by atoms with Crippen LogP contribution in [0.4, 0.5) is 4.39 Å². The molecule has 6 nitrogen and oxygen atoms in total. The number of benzene rings is 1. The zero-order valence-corrected chi connectivity index (χ0v) is 17.2. The number of nitrogens with zero attached hydrogens (tertiary/aromatic N) is 4. The van der Waals surface area contributed by atoms with Gasteiger partial charge >= 0.3 is 0 Å². The van der Waals surface area contributed by atoms with Crippen LogP contribution in [0.1, 0.15) is 16.1 Å². The molecule has 1 amide bonds. The molecule has 1 aromatic carbocycles. The molecular formula is C18H16FIN4O2S. The first-order valence-electron chi connectivity index (χ1n) is 8.44. The van der Waals surface area contributed by atoms with Gasteiger partial charge in [0.2, 0.25) is 0 Å². The Kier molecular flexibility index (Phi) is 5.24. The fourth-order valence-corrected chi connectivity index (χ4v) is 4.19. The Balaban J connectivity index is 1.40. The van der Waals surface area contributed by atoms with Crippen molar-refractivity contribution >= 4 is 44.8 Å². The predicted molar refractivity (Wildman–Crippen MR) is 110 cm³/mol.